The average molecular weight is 264 g/mol. The van der Waals surface area contributed by atoms with E-state index in [2.05, 4.69) is 34.8 Å². The first-order valence-electron chi connectivity index (χ1n) is 7.30. The Kier molecular flexibility index (Phi) is 4.02. The highest BCUT2D eigenvalue weighted by atomic mass is 32.1. The van der Waals surface area contributed by atoms with E-state index in [0.717, 1.165) is 17.9 Å². The zero-order valence-electron chi connectivity index (χ0n) is 11.3. The van der Waals surface area contributed by atoms with Gasteiger partial charge in [0.15, 0.2) is 0 Å². The van der Waals surface area contributed by atoms with E-state index in [0.29, 0.717) is 0 Å². The SMILES string of the molecule is CNCC1CCN(C(c2cccs2)C2CC2)CC1. The number of hydrogen-bond donors (Lipinski definition) is 1. The zero-order valence-corrected chi connectivity index (χ0v) is 12.1. The van der Waals surface area contributed by atoms with Crippen LogP contribution in [0.1, 0.15) is 36.6 Å². The van der Waals surface area contributed by atoms with Gasteiger partial charge < -0.3 is 5.32 Å². The fraction of sp³-hybridized carbons (Fsp3) is 0.733. The number of likely N-dealkylation sites (tertiary alicyclic amines) is 1. The number of nitrogens with one attached hydrogen (secondary N) is 1. The molecule has 3 rings (SSSR count). The van der Waals surface area contributed by atoms with Crippen LogP contribution in [0.4, 0.5) is 0 Å². The van der Waals surface area contributed by atoms with Gasteiger partial charge in [-0.25, -0.2) is 0 Å². The van der Waals surface area contributed by atoms with Crippen LogP contribution in [0.25, 0.3) is 0 Å². The van der Waals surface area contributed by atoms with Crippen LogP contribution >= 0.6 is 11.3 Å². The van der Waals surface area contributed by atoms with Crippen LogP contribution in [0.2, 0.25) is 0 Å². The molecule has 2 aliphatic rings. The second-order valence-corrected chi connectivity index (χ2v) is 6.81. The molecule has 1 atom stereocenters. The molecule has 1 aromatic heterocycles. The van der Waals surface area contributed by atoms with Crippen molar-refractivity contribution >= 4 is 11.3 Å². The van der Waals surface area contributed by atoms with Crippen molar-refractivity contribution in [2.45, 2.75) is 31.7 Å². The molecular formula is C15H24N2S. The van der Waals surface area contributed by atoms with Gasteiger partial charge in [0.05, 0.1) is 0 Å². The molecule has 2 fully saturated rings. The highest BCUT2D eigenvalue weighted by Gasteiger charge is 2.38. The van der Waals surface area contributed by atoms with Crippen molar-refractivity contribution in [2.24, 2.45) is 11.8 Å². The molecule has 0 spiro atoms. The van der Waals surface area contributed by atoms with E-state index < -0.39 is 0 Å². The molecular weight excluding hydrogens is 240 g/mol. The van der Waals surface area contributed by atoms with Gasteiger partial charge in [0.1, 0.15) is 0 Å². The van der Waals surface area contributed by atoms with Crippen molar-refractivity contribution in [3.8, 4) is 0 Å². The fourth-order valence-corrected chi connectivity index (χ4v) is 4.26. The number of rotatable bonds is 5. The van der Waals surface area contributed by atoms with E-state index in [-0.39, 0.29) is 0 Å². The molecule has 1 N–H and O–H groups in total. The number of thiophene rings is 1. The lowest BCUT2D eigenvalue weighted by atomic mass is 9.94. The Morgan fingerprint density at radius 3 is 2.67 bits per heavy atom. The molecule has 1 aliphatic carbocycles. The fourth-order valence-electron chi connectivity index (χ4n) is 3.31. The number of nitrogens with zero attached hydrogens (tertiary/aromatic N) is 1. The predicted octanol–water partition coefficient (Wildman–Crippen LogP) is 3.13. The summed E-state index contributed by atoms with van der Waals surface area (Å²) in [5.41, 5.74) is 0. The van der Waals surface area contributed by atoms with Gasteiger partial charge in [0, 0.05) is 10.9 Å². The summed E-state index contributed by atoms with van der Waals surface area (Å²) >= 11 is 1.95. The molecule has 2 nitrogen and oxygen atoms in total. The maximum atomic E-state index is 3.33. The molecule has 1 unspecified atom stereocenters. The van der Waals surface area contributed by atoms with E-state index in [1.54, 1.807) is 4.88 Å². The van der Waals surface area contributed by atoms with Gasteiger partial charge in [-0.3, -0.25) is 4.90 Å². The molecule has 1 saturated heterocycles. The second-order valence-electron chi connectivity index (χ2n) is 5.83. The van der Waals surface area contributed by atoms with Gasteiger partial charge in [-0.2, -0.15) is 0 Å². The summed E-state index contributed by atoms with van der Waals surface area (Å²) in [5, 5.41) is 5.56. The van der Waals surface area contributed by atoms with E-state index in [1.807, 2.05) is 11.3 Å². The van der Waals surface area contributed by atoms with Crippen molar-refractivity contribution < 1.29 is 0 Å². The van der Waals surface area contributed by atoms with Crippen LogP contribution in [-0.2, 0) is 0 Å². The quantitative estimate of drug-likeness (QED) is 0.879. The maximum absolute atomic E-state index is 3.33. The van der Waals surface area contributed by atoms with E-state index in [9.17, 15) is 0 Å². The molecule has 18 heavy (non-hydrogen) atoms. The summed E-state index contributed by atoms with van der Waals surface area (Å²) in [6.07, 6.45) is 5.63. The van der Waals surface area contributed by atoms with Gasteiger partial charge in [-0.05, 0) is 75.6 Å². The van der Waals surface area contributed by atoms with Crippen molar-refractivity contribution in [2.75, 3.05) is 26.7 Å². The van der Waals surface area contributed by atoms with Gasteiger partial charge in [0.2, 0.25) is 0 Å². The molecule has 100 valence electrons. The van der Waals surface area contributed by atoms with Crippen LogP contribution in [0, 0.1) is 11.8 Å². The van der Waals surface area contributed by atoms with Crippen molar-refractivity contribution in [1.82, 2.24) is 10.2 Å². The van der Waals surface area contributed by atoms with Crippen LogP contribution in [0.3, 0.4) is 0 Å². The molecule has 0 aromatic carbocycles. The minimum Gasteiger partial charge on any atom is -0.319 e. The van der Waals surface area contributed by atoms with E-state index >= 15 is 0 Å². The average Bonchev–Trinajstić information content (AvgIpc) is 3.07. The Labute approximate surface area is 114 Å². The third-order valence-electron chi connectivity index (χ3n) is 4.44. The molecule has 0 amide bonds. The van der Waals surface area contributed by atoms with Crippen LogP contribution in [0.5, 0.6) is 0 Å². The molecule has 0 radical (unpaired) electrons. The smallest absolute Gasteiger partial charge is 0.0469 e. The van der Waals surface area contributed by atoms with Crippen molar-refractivity contribution in [3.63, 3.8) is 0 Å². The predicted molar refractivity (Wildman–Crippen MR) is 78.0 cm³/mol. The summed E-state index contributed by atoms with van der Waals surface area (Å²) in [6, 6.07) is 5.29. The Hall–Kier alpha value is -0.380. The lowest BCUT2D eigenvalue weighted by Gasteiger charge is -2.37. The summed E-state index contributed by atoms with van der Waals surface area (Å²) in [5.74, 6) is 1.85. The first-order chi connectivity index (χ1) is 8.88. The van der Waals surface area contributed by atoms with Crippen LogP contribution in [0.15, 0.2) is 17.5 Å². The molecule has 1 saturated carbocycles. The maximum Gasteiger partial charge on any atom is 0.0469 e. The Balaban J connectivity index is 1.63. The van der Waals surface area contributed by atoms with Gasteiger partial charge in [-0.15, -0.1) is 11.3 Å². The van der Waals surface area contributed by atoms with E-state index in [1.165, 1.54) is 45.3 Å². The zero-order chi connectivity index (χ0) is 12.4. The van der Waals surface area contributed by atoms with Gasteiger partial charge in [-0.1, -0.05) is 6.07 Å². The van der Waals surface area contributed by atoms with Crippen LogP contribution in [-0.4, -0.2) is 31.6 Å². The molecule has 1 aliphatic heterocycles. The monoisotopic (exact) mass is 264 g/mol. The van der Waals surface area contributed by atoms with Gasteiger partial charge >= 0.3 is 0 Å². The summed E-state index contributed by atoms with van der Waals surface area (Å²) in [7, 11) is 2.07. The Morgan fingerprint density at radius 2 is 2.11 bits per heavy atom. The van der Waals surface area contributed by atoms with Crippen molar-refractivity contribution in [1.29, 1.82) is 0 Å². The lowest BCUT2D eigenvalue weighted by molar-refractivity contribution is 0.120. The molecule has 2 heterocycles. The van der Waals surface area contributed by atoms with Crippen molar-refractivity contribution in [3.05, 3.63) is 22.4 Å². The lowest BCUT2D eigenvalue weighted by Crippen LogP contribution is -2.39. The Bertz CT molecular complexity index is 351. The summed E-state index contributed by atoms with van der Waals surface area (Å²) in [6.45, 7) is 3.79. The molecule has 0 bridgehead atoms. The second kappa shape index (κ2) is 5.72. The topological polar surface area (TPSA) is 15.3 Å². The minimum atomic E-state index is 0.737. The third kappa shape index (κ3) is 2.79. The largest absolute Gasteiger partial charge is 0.319 e. The molecule has 1 aromatic rings. The first-order valence-corrected chi connectivity index (χ1v) is 8.18. The number of piperidine rings is 1. The summed E-state index contributed by atoms with van der Waals surface area (Å²) in [4.78, 5) is 4.36. The van der Waals surface area contributed by atoms with Gasteiger partial charge in [0.25, 0.3) is 0 Å². The number of hydrogen-bond acceptors (Lipinski definition) is 3. The highest BCUT2D eigenvalue weighted by molar-refractivity contribution is 7.10. The summed E-state index contributed by atoms with van der Waals surface area (Å²) < 4.78 is 0. The minimum absolute atomic E-state index is 0.737. The highest BCUT2D eigenvalue weighted by Crippen LogP contribution is 2.46. The first kappa shape index (κ1) is 12.6. The van der Waals surface area contributed by atoms with E-state index in [4.69, 9.17) is 0 Å². The third-order valence-corrected chi connectivity index (χ3v) is 5.38. The normalized spacial score (nSPS) is 24.3. The molecule has 3 heteroatoms. The van der Waals surface area contributed by atoms with Crippen LogP contribution < -0.4 is 5.32 Å². The standard InChI is InChI=1S/C15H24N2S/c1-16-11-12-6-8-17(9-7-12)15(13-4-5-13)14-3-2-10-18-14/h2-3,10,12-13,15-16H,4-9,11H2,1H3. The Morgan fingerprint density at radius 1 is 1.33 bits per heavy atom.